The molecule has 0 aliphatic rings. The van der Waals surface area contributed by atoms with Gasteiger partial charge in [-0.15, -0.1) is 0 Å². The Kier molecular flexibility index (Phi) is 5.82. The van der Waals surface area contributed by atoms with E-state index in [1.165, 1.54) is 0 Å². The molecule has 0 fully saturated rings. The first-order chi connectivity index (χ1) is 16.3. The Morgan fingerprint density at radius 3 is 2.35 bits per heavy atom. The summed E-state index contributed by atoms with van der Waals surface area (Å²) in [5, 5.41) is 14.0. The normalized spacial score (nSPS) is 13.2. The van der Waals surface area contributed by atoms with E-state index in [1.807, 2.05) is 50.4 Å². The summed E-state index contributed by atoms with van der Waals surface area (Å²) in [5.41, 5.74) is 2.25. The zero-order valence-electron chi connectivity index (χ0n) is 18.3. The molecule has 3 aromatic heterocycles. The summed E-state index contributed by atoms with van der Waals surface area (Å²) in [6, 6.07) is 18.5. The molecule has 1 N–H and O–H groups in total. The lowest BCUT2D eigenvalue weighted by molar-refractivity contribution is 0.112. The molecule has 0 aliphatic heterocycles. The summed E-state index contributed by atoms with van der Waals surface area (Å²) in [6.07, 6.45) is 3.41. The fourth-order valence-electron chi connectivity index (χ4n) is 4.25. The van der Waals surface area contributed by atoms with Crippen LogP contribution in [0.2, 0.25) is 15.3 Å². The van der Waals surface area contributed by atoms with Crippen LogP contribution in [0.1, 0.15) is 22.6 Å². The number of hydrogen-bond donors (Lipinski definition) is 1. The Morgan fingerprint density at radius 1 is 0.912 bits per heavy atom. The van der Waals surface area contributed by atoms with Gasteiger partial charge in [0.2, 0.25) is 0 Å². The number of benzene rings is 2. The molecular weight excluding hydrogens is 491 g/mol. The zero-order chi connectivity index (χ0) is 24.0. The van der Waals surface area contributed by atoms with Crippen molar-refractivity contribution in [1.82, 2.24) is 19.5 Å². The lowest BCUT2D eigenvalue weighted by Crippen LogP contribution is -2.32. The standard InChI is InChI=1S/C26H19Cl3N4O/c1-15-12-18(14-21(27)31-15)26(34,25-30-10-11-33(25)2)17-8-9-20-19(13-17)23(28)22(24(29)32-20)16-6-4-3-5-7-16/h3-14,34H,1-2H3. The quantitative estimate of drug-likeness (QED) is 0.278. The molecule has 0 saturated heterocycles. The second kappa shape index (κ2) is 8.67. The van der Waals surface area contributed by atoms with E-state index in [1.54, 1.807) is 41.2 Å². The van der Waals surface area contributed by atoms with Gasteiger partial charge in [-0.3, -0.25) is 0 Å². The van der Waals surface area contributed by atoms with Crippen molar-refractivity contribution in [1.29, 1.82) is 0 Å². The third kappa shape index (κ3) is 3.75. The van der Waals surface area contributed by atoms with Gasteiger partial charge in [0, 0.05) is 41.6 Å². The van der Waals surface area contributed by atoms with Crippen LogP contribution in [0.15, 0.2) is 73.1 Å². The highest BCUT2D eigenvalue weighted by molar-refractivity contribution is 6.42. The highest BCUT2D eigenvalue weighted by atomic mass is 35.5. The van der Waals surface area contributed by atoms with Crippen LogP contribution < -0.4 is 0 Å². The Balaban J connectivity index is 1.80. The molecule has 1 atom stereocenters. The Hall–Kier alpha value is -2.96. The van der Waals surface area contributed by atoms with Gasteiger partial charge < -0.3 is 9.67 Å². The number of imidazole rings is 1. The summed E-state index contributed by atoms with van der Waals surface area (Å²) in [5.74, 6) is 0.426. The third-order valence-corrected chi connectivity index (χ3v) is 6.70. The first-order valence-corrected chi connectivity index (χ1v) is 11.6. The lowest BCUT2D eigenvalue weighted by Gasteiger charge is -2.29. The summed E-state index contributed by atoms with van der Waals surface area (Å²) in [6.45, 7) is 1.82. The van der Waals surface area contributed by atoms with Gasteiger partial charge in [0.25, 0.3) is 0 Å². The van der Waals surface area contributed by atoms with Gasteiger partial charge in [-0.05, 0) is 42.3 Å². The molecule has 0 amide bonds. The number of aliphatic hydroxyl groups is 1. The summed E-state index contributed by atoms with van der Waals surface area (Å²) in [7, 11) is 1.83. The Morgan fingerprint density at radius 2 is 1.68 bits per heavy atom. The fraction of sp³-hybridized carbons (Fsp3) is 0.115. The van der Waals surface area contributed by atoms with Gasteiger partial charge in [-0.25, -0.2) is 15.0 Å². The number of rotatable bonds is 4. The second-order valence-electron chi connectivity index (χ2n) is 8.08. The molecule has 170 valence electrons. The van der Waals surface area contributed by atoms with Crippen LogP contribution in [0.5, 0.6) is 0 Å². The summed E-state index contributed by atoms with van der Waals surface area (Å²) in [4.78, 5) is 13.3. The van der Waals surface area contributed by atoms with Crippen molar-refractivity contribution in [2.24, 2.45) is 7.05 Å². The number of aromatic nitrogens is 4. The van der Waals surface area contributed by atoms with Crippen molar-refractivity contribution in [3.63, 3.8) is 0 Å². The number of nitrogens with zero attached hydrogens (tertiary/aromatic N) is 4. The van der Waals surface area contributed by atoms with Gasteiger partial charge in [0.15, 0.2) is 5.60 Å². The topological polar surface area (TPSA) is 63.8 Å². The molecule has 1 unspecified atom stereocenters. The van der Waals surface area contributed by atoms with Gasteiger partial charge in [-0.1, -0.05) is 71.2 Å². The number of pyridine rings is 2. The predicted octanol–water partition coefficient (Wildman–Crippen LogP) is 6.58. The second-order valence-corrected chi connectivity index (χ2v) is 9.20. The van der Waals surface area contributed by atoms with Gasteiger partial charge in [0.05, 0.1) is 10.5 Å². The molecule has 2 aromatic carbocycles. The monoisotopic (exact) mass is 508 g/mol. The van der Waals surface area contributed by atoms with Crippen molar-refractivity contribution in [3.05, 3.63) is 111 Å². The van der Waals surface area contributed by atoms with E-state index in [9.17, 15) is 5.11 Å². The number of hydrogen-bond acceptors (Lipinski definition) is 4. The number of fused-ring (bicyclic) bond motifs is 1. The first kappa shape index (κ1) is 22.8. The van der Waals surface area contributed by atoms with Crippen molar-refractivity contribution in [2.75, 3.05) is 0 Å². The van der Waals surface area contributed by atoms with Crippen molar-refractivity contribution >= 4 is 45.7 Å². The van der Waals surface area contributed by atoms with Crippen LogP contribution in [0.3, 0.4) is 0 Å². The maximum absolute atomic E-state index is 12.3. The highest BCUT2D eigenvalue weighted by Crippen LogP contribution is 2.42. The van der Waals surface area contributed by atoms with E-state index < -0.39 is 5.60 Å². The van der Waals surface area contributed by atoms with E-state index in [-0.39, 0.29) is 5.15 Å². The van der Waals surface area contributed by atoms with E-state index in [2.05, 4.69) is 15.0 Å². The zero-order valence-corrected chi connectivity index (χ0v) is 20.6. The molecule has 0 radical (unpaired) electrons. The predicted molar refractivity (Wildman–Crippen MR) is 136 cm³/mol. The molecule has 5 aromatic rings. The average Bonchev–Trinajstić information content (AvgIpc) is 3.25. The minimum atomic E-state index is -1.63. The highest BCUT2D eigenvalue weighted by Gasteiger charge is 2.38. The molecular formula is C26H19Cl3N4O. The van der Waals surface area contributed by atoms with Crippen molar-refractivity contribution in [2.45, 2.75) is 12.5 Å². The Labute approximate surface area is 211 Å². The average molecular weight is 510 g/mol. The van der Waals surface area contributed by atoms with E-state index in [4.69, 9.17) is 34.8 Å². The number of aryl methyl sites for hydroxylation is 2. The maximum Gasteiger partial charge on any atom is 0.173 e. The van der Waals surface area contributed by atoms with Crippen LogP contribution in [-0.4, -0.2) is 24.6 Å². The van der Waals surface area contributed by atoms with Crippen LogP contribution in [-0.2, 0) is 12.6 Å². The summed E-state index contributed by atoms with van der Waals surface area (Å²) >= 11 is 19.7. The summed E-state index contributed by atoms with van der Waals surface area (Å²) < 4.78 is 1.77. The molecule has 34 heavy (non-hydrogen) atoms. The molecule has 5 rings (SSSR count). The van der Waals surface area contributed by atoms with Gasteiger partial charge >= 0.3 is 0 Å². The minimum Gasteiger partial charge on any atom is -0.373 e. The van der Waals surface area contributed by atoms with Crippen molar-refractivity contribution in [3.8, 4) is 11.1 Å². The molecule has 0 aliphatic carbocycles. The number of halogens is 3. The molecule has 0 saturated carbocycles. The van der Waals surface area contributed by atoms with Gasteiger partial charge in [0.1, 0.15) is 16.1 Å². The minimum absolute atomic E-state index is 0.279. The molecule has 8 heteroatoms. The SMILES string of the molecule is Cc1cc(C(O)(c2ccc3nc(Cl)c(-c4ccccc4)c(Cl)c3c2)c2nccn2C)cc(Cl)n1. The molecule has 3 heterocycles. The van der Waals surface area contributed by atoms with E-state index in [0.717, 1.165) is 5.56 Å². The largest absolute Gasteiger partial charge is 0.373 e. The van der Waals surface area contributed by atoms with Crippen molar-refractivity contribution < 1.29 is 5.11 Å². The lowest BCUT2D eigenvalue weighted by atomic mass is 9.84. The first-order valence-electron chi connectivity index (χ1n) is 10.5. The fourth-order valence-corrected chi connectivity index (χ4v) is 5.19. The molecule has 0 bridgehead atoms. The molecule has 0 spiro atoms. The van der Waals surface area contributed by atoms with E-state index >= 15 is 0 Å². The smallest absolute Gasteiger partial charge is 0.173 e. The van der Waals surface area contributed by atoms with Crippen LogP contribution in [0, 0.1) is 6.92 Å². The molecule has 5 nitrogen and oxygen atoms in total. The van der Waals surface area contributed by atoms with Crippen LogP contribution >= 0.6 is 34.8 Å². The van der Waals surface area contributed by atoms with Gasteiger partial charge in [-0.2, -0.15) is 0 Å². The van der Waals surface area contributed by atoms with Crippen LogP contribution in [0.4, 0.5) is 0 Å². The Bertz CT molecular complexity index is 1510. The van der Waals surface area contributed by atoms with E-state index in [0.29, 0.717) is 49.3 Å². The third-order valence-electron chi connectivity index (χ3n) is 5.84. The maximum atomic E-state index is 12.3. The van der Waals surface area contributed by atoms with Crippen LogP contribution in [0.25, 0.3) is 22.0 Å².